The summed E-state index contributed by atoms with van der Waals surface area (Å²) in [5, 5.41) is 0. The molecule has 1 heterocycles. The number of hydrogen-bond acceptors (Lipinski definition) is 3. The highest BCUT2D eigenvalue weighted by molar-refractivity contribution is 5.37. The fourth-order valence-electron chi connectivity index (χ4n) is 2.20. The van der Waals surface area contributed by atoms with Gasteiger partial charge in [-0.15, -0.1) is 0 Å². The van der Waals surface area contributed by atoms with Crippen molar-refractivity contribution in [3.8, 4) is 5.75 Å². The van der Waals surface area contributed by atoms with E-state index in [-0.39, 0.29) is 0 Å². The summed E-state index contributed by atoms with van der Waals surface area (Å²) in [5.41, 5.74) is 6.91. The van der Waals surface area contributed by atoms with Crippen molar-refractivity contribution in [1.29, 1.82) is 0 Å². The molecule has 0 aromatic heterocycles. The van der Waals surface area contributed by atoms with E-state index in [0.29, 0.717) is 12.6 Å². The number of fused-ring (bicyclic) bond motifs is 1. The van der Waals surface area contributed by atoms with E-state index in [1.54, 1.807) is 0 Å². The van der Waals surface area contributed by atoms with Crippen LogP contribution >= 0.6 is 0 Å². The molecule has 0 spiro atoms. The first-order chi connectivity index (χ1) is 7.83. The van der Waals surface area contributed by atoms with Gasteiger partial charge < -0.3 is 10.5 Å². The molecule has 2 N–H and O–H groups in total. The van der Waals surface area contributed by atoms with Gasteiger partial charge in [0.25, 0.3) is 0 Å². The highest BCUT2D eigenvalue weighted by Gasteiger charge is 2.23. The molecule has 1 aliphatic rings. The number of likely N-dealkylation sites (N-methyl/N-ethyl adjacent to an activating group) is 1. The maximum Gasteiger partial charge on any atom is 0.123 e. The van der Waals surface area contributed by atoms with Gasteiger partial charge in [-0.1, -0.05) is 25.1 Å². The van der Waals surface area contributed by atoms with Gasteiger partial charge in [-0.05, 0) is 18.2 Å². The average Bonchev–Trinajstić information content (AvgIpc) is 2.70. The highest BCUT2D eigenvalue weighted by atomic mass is 16.5. The molecule has 0 radical (unpaired) electrons. The maximum atomic E-state index is 5.90. The number of nitrogens with zero attached hydrogens (tertiary/aromatic N) is 1. The normalized spacial score (nSPS) is 18.6. The summed E-state index contributed by atoms with van der Waals surface area (Å²) >= 11 is 0. The topological polar surface area (TPSA) is 38.5 Å². The number of nitrogens with two attached hydrogens (primary N) is 1. The van der Waals surface area contributed by atoms with E-state index in [1.165, 1.54) is 5.56 Å². The van der Waals surface area contributed by atoms with Gasteiger partial charge in [0.1, 0.15) is 11.9 Å². The molecule has 2 rings (SSSR count). The zero-order valence-corrected chi connectivity index (χ0v) is 9.86. The van der Waals surface area contributed by atoms with E-state index in [2.05, 4.69) is 30.0 Å². The summed E-state index contributed by atoms with van der Waals surface area (Å²) in [4.78, 5) is 2.34. The van der Waals surface area contributed by atoms with E-state index >= 15 is 0 Å². The van der Waals surface area contributed by atoms with Gasteiger partial charge in [0.15, 0.2) is 0 Å². The van der Waals surface area contributed by atoms with Gasteiger partial charge in [0, 0.05) is 26.1 Å². The van der Waals surface area contributed by atoms with Gasteiger partial charge in [-0.2, -0.15) is 0 Å². The summed E-state index contributed by atoms with van der Waals surface area (Å²) in [5.74, 6) is 1.05. The van der Waals surface area contributed by atoms with Crippen molar-refractivity contribution in [2.75, 3.05) is 26.2 Å². The second-order valence-corrected chi connectivity index (χ2v) is 4.23. The molecule has 0 aliphatic carbocycles. The van der Waals surface area contributed by atoms with Crippen LogP contribution in [0.2, 0.25) is 0 Å². The van der Waals surface area contributed by atoms with Crippen LogP contribution in [-0.4, -0.2) is 37.2 Å². The molecule has 3 nitrogen and oxygen atoms in total. The molecule has 1 aromatic rings. The molecule has 16 heavy (non-hydrogen) atoms. The van der Waals surface area contributed by atoms with Crippen LogP contribution < -0.4 is 10.5 Å². The lowest BCUT2D eigenvalue weighted by atomic mass is 10.1. The number of benzene rings is 1. The molecule has 1 aliphatic heterocycles. The van der Waals surface area contributed by atoms with Gasteiger partial charge in [-0.25, -0.2) is 0 Å². The zero-order valence-electron chi connectivity index (χ0n) is 9.86. The molecule has 1 atom stereocenters. The first kappa shape index (κ1) is 11.4. The summed E-state index contributed by atoms with van der Waals surface area (Å²) in [6.07, 6.45) is 1.32. The third kappa shape index (κ3) is 2.54. The molecular weight excluding hydrogens is 200 g/mol. The molecule has 0 saturated heterocycles. The van der Waals surface area contributed by atoms with Gasteiger partial charge in [0.2, 0.25) is 0 Å². The Bertz CT molecular complexity index is 315. The van der Waals surface area contributed by atoms with Crippen molar-refractivity contribution in [2.24, 2.45) is 5.73 Å². The van der Waals surface area contributed by atoms with Crippen LogP contribution in [0.1, 0.15) is 12.5 Å². The van der Waals surface area contributed by atoms with Crippen LogP contribution in [0.3, 0.4) is 0 Å². The van der Waals surface area contributed by atoms with Crippen molar-refractivity contribution >= 4 is 0 Å². The molecule has 0 fully saturated rings. The van der Waals surface area contributed by atoms with Crippen LogP contribution in [-0.2, 0) is 6.42 Å². The quantitative estimate of drug-likeness (QED) is 0.812. The van der Waals surface area contributed by atoms with Gasteiger partial charge in [-0.3, -0.25) is 4.90 Å². The van der Waals surface area contributed by atoms with E-state index in [4.69, 9.17) is 10.5 Å². The first-order valence-electron chi connectivity index (χ1n) is 6.00. The van der Waals surface area contributed by atoms with Crippen molar-refractivity contribution in [3.05, 3.63) is 29.8 Å². The predicted octanol–water partition coefficient (Wildman–Crippen LogP) is 1.27. The summed E-state index contributed by atoms with van der Waals surface area (Å²) in [6, 6.07) is 8.30. The Morgan fingerprint density at radius 3 is 2.94 bits per heavy atom. The minimum absolute atomic E-state index is 0.295. The van der Waals surface area contributed by atoms with Gasteiger partial charge in [0.05, 0.1) is 0 Å². The molecule has 3 heteroatoms. The Kier molecular flexibility index (Phi) is 3.80. The monoisotopic (exact) mass is 220 g/mol. The zero-order chi connectivity index (χ0) is 11.4. The van der Waals surface area contributed by atoms with Crippen molar-refractivity contribution in [2.45, 2.75) is 19.4 Å². The standard InChI is InChI=1S/C13H20N2O/c1-2-15(8-7-14)10-12-9-11-5-3-4-6-13(11)16-12/h3-6,12H,2,7-10,14H2,1H3. The van der Waals surface area contributed by atoms with E-state index in [0.717, 1.165) is 31.8 Å². The second-order valence-electron chi connectivity index (χ2n) is 4.23. The lowest BCUT2D eigenvalue weighted by Gasteiger charge is -2.22. The molecule has 88 valence electrons. The van der Waals surface area contributed by atoms with Crippen LogP contribution in [0.5, 0.6) is 5.75 Å². The first-order valence-corrected chi connectivity index (χ1v) is 6.00. The molecule has 0 amide bonds. The van der Waals surface area contributed by atoms with Crippen molar-refractivity contribution < 1.29 is 4.74 Å². The molecule has 1 aromatic carbocycles. The average molecular weight is 220 g/mol. The smallest absolute Gasteiger partial charge is 0.123 e. The summed E-state index contributed by atoms with van der Waals surface area (Å²) < 4.78 is 5.90. The van der Waals surface area contributed by atoms with E-state index in [9.17, 15) is 0 Å². The number of hydrogen-bond donors (Lipinski definition) is 1. The van der Waals surface area contributed by atoms with E-state index in [1.807, 2.05) is 6.07 Å². The molecule has 1 unspecified atom stereocenters. The largest absolute Gasteiger partial charge is 0.488 e. The number of ether oxygens (including phenoxy) is 1. The Hall–Kier alpha value is -1.06. The Morgan fingerprint density at radius 2 is 2.25 bits per heavy atom. The lowest BCUT2D eigenvalue weighted by molar-refractivity contribution is 0.157. The van der Waals surface area contributed by atoms with Crippen LogP contribution in [0.4, 0.5) is 0 Å². The third-order valence-corrected chi connectivity index (χ3v) is 3.07. The number of para-hydroxylation sites is 1. The fraction of sp³-hybridized carbons (Fsp3) is 0.538. The molecular formula is C13H20N2O. The van der Waals surface area contributed by atoms with Crippen LogP contribution in [0.15, 0.2) is 24.3 Å². The van der Waals surface area contributed by atoms with Gasteiger partial charge >= 0.3 is 0 Å². The summed E-state index contributed by atoms with van der Waals surface area (Å²) in [6.45, 7) is 5.84. The molecule has 0 saturated carbocycles. The minimum atomic E-state index is 0.295. The summed E-state index contributed by atoms with van der Waals surface area (Å²) in [7, 11) is 0. The van der Waals surface area contributed by atoms with Crippen molar-refractivity contribution in [3.63, 3.8) is 0 Å². The Labute approximate surface area is 97.2 Å². The highest BCUT2D eigenvalue weighted by Crippen LogP contribution is 2.28. The SMILES string of the molecule is CCN(CCN)CC1Cc2ccccc2O1. The van der Waals surface area contributed by atoms with E-state index < -0.39 is 0 Å². The van der Waals surface area contributed by atoms with Crippen LogP contribution in [0.25, 0.3) is 0 Å². The fourth-order valence-corrected chi connectivity index (χ4v) is 2.20. The molecule has 0 bridgehead atoms. The Balaban J connectivity index is 1.91. The van der Waals surface area contributed by atoms with Crippen LogP contribution in [0, 0.1) is 0 Å². The minimum Gasteiger partial charge on any atom is -0.488 e. The lowest BCUT2D eigenvalue weighted by Crippen LogP contribution is -2.37. The maximum absolute atomic E-state index is 5.90. The Morgan fingerprint density at radius 1 is 1.44 bits per heavy atom. The second kappa shape index (κ2) is 5.32. The third-order valence-electron chi connectivity index (χ3n) is 3.07. The number of rotatable bonds is 5. The predicted molar refractivity (Wildman–Crippen MR) is 65.7 cm³/mol. The van der Waals surface area contributed by atoms with Crippen molar-refractivity contribution in [1.82, 2.24) is 4.90 Å².